The lowest BCUT2D eigenvalue weighted by atomic mass is 10.1. The largest absolute Gasteiger partial charge is 0.341 e. The third-order valence-electron chi connectivity index (χ3n) is 2.95. The van der Waals surface area contributed by atoms with Gasteiger partial charge < -0.3 is 4.90 Å². The zero-order valence-corrected chi connectivity index (χ0v) is 13.1. The van der Waals surface area contributed by atoms with Gasteiger partial charge in [0.2, 0.25) is 0 Å². The number of hydrogen-bond donors (Lipinski definition) is 0. The highest BCUT2D eigenvalue weighted by atomic mass is 32.1. The summed E-state index contributed by atoms with van der Waals surface area (Å²) in [7, 11) is 1.90. The normalized spacial score (nSPS) is 11.0. The molecule has 0 saturated heterocycles. The fourth-order valence-corrected chi connectivity index (χ4v) is 3.48. The van der Waals surface area contributed by atoms with E-state index in [4.69, 9.17) is 0 Å². The maximum atomic E-state index is 12.3. The molecule has 0 aliphatic heterocycles. The van der Waals surface area contributed by atoms with Crippen molar-refractivity contribution in [2.45, 2.75) is 47.0 Å². The Labute approximate surface area is 115 Å². The number of nitrogens with zero attached hydrogens (tertiary/aromatic N) is 1. The molecule has 1 amide bonds. The molecule has 0 N–H and O–H groups in total. The lowest BCUT2D eigenvalue weighted by Gasteiger charge is -2.18. The van der Waals surface area contributed by atoms with Crippen molar-refractivity contribution >= 4 is 17.2 Å². The van der Waals surface area contributed by atoms with Crippen molar-refractivity contribution < 1.29 is 4.79 Å². The minimum Gasteiger partial charge on any atom is -0.341 e. The molecule has 0 atom stereocenters. The Balaban J connectivity index is 2.85. The molecule has 18 heavy (non-hydrogen) atoms. The standard InChI is InChI=1S/C15H25NOS/c1-6-8-13-12(7-2)9-14(18-13)15(17)16(5)10-11(3)4/h9,11H,6-8,10H2,1-5H3. The minimum absolute atomic E-state index is 0.172. The Hall–Kier alpha value is -0.830. The summed E-state index contributed by atoms with van der Waals surface area (Å²) in [5, 5.41) is 0. The summed E-state index contributed by atoms with van der Waals surface area (Å²) in [6, 6.07) is 2.09. The predicted molar refractivity (Wildman–Crippen MR) is 79.5 cm³/mol. The highest BCUT2D eigenvalue weighted by Crippen LogP contribution is 2.25. The van der Waals surface area contributed by atoms with Gasteiger partial charge in [0, 0.05) is 18.5 Å². The number of carbonyl (C=O) groups is 1. The molecule has 1 heterocycles. The maximum absolute atomic E-state index is 12.3. The first-order chi connectivity index (χ1) is 8.49. The number of hydrogen-bond acceptors (Lipinski definition) is 2. The van der Waals surface area contributed by atoms with E-state index < -0.39 is 0 Å². The highest BCUT2D eigenvalue weighted by molar-refractivity contribution is 7.14. The molecule has 102 valence electrons. The van der Waals surface area contributed by atoms with Crippen molar-refractivity contribution in [3.05, 3.63) is 21.4 Å². The average Bonchev–Trinajstić information content (AvgIpc) is 2.70. The van der Waals surface area contributed by atoms with E-state index in [2.05, 4.69) is 33.8 Å². The van der Waals surface area contributed by atoms with E-state index in [0.29, 0.717) is 5.92 Å². The van der Waals surface area contributed by atoms with Gasteiger partial charge in [-0.15, -0.1) is 11.3 Å². The molecule has 0 radical (unpaired) electrons. The van der Waals surface area contributed by atoms with Crippen LogP contribution in [0.2, 0.25) is 0 Å². The van der Waals surface area contributed by atoms with Crippen molar-refractivity contribution in [2.24, 2.45) is 5.92 Å². The minimum atomic E-state index is 0.172. The van der Waals surface area contributed by atoms with E-state index in [1.807, 2.05) is 11.9 Å². The first-order valence-corrected chi connectivity index (χ1v) is 7.68. The summed E-state index contributed by atoms with van der Waals surface area (Å²) < 4.78 is 0. The molecular formula is C15H25NOS. The van der Waals surface area contributed by atoms with Crippen LogP contribution in [0.25, 0.3) is 0 Å². The van der Waals surface area contributed by atoms with Crippen molar-refractivity contribution in [1.82, 2.24) is 4.90 Å². The van der Waals surface area contributed by atoms with Gasteiger partial charge in [-0.1, -0.05) is 34.1 Å². The van der Waals surface area contributed by atoms with Crippen LogP contribution >= 0.6 is 11.3 Å². The van der Waals surface area contributed by atoms with Crippen LogP contribution in [0.5, 0.6) is 0 Å². The van der Waals surface area contributed by atoms with Crippen molar-refractivity contribution in [3.63, 3.8) is 0 Å². The number of aryl methyl sites for hydroxylation is 2. The van der Waals surface area contributed by atoms with Gasteiger partial charge in [0.15, 0.2) is 0 Å². The molecule has 0 spiro atoms. The molecule has 0 aliphatic carbocycles. The SMILES string of the molecule is CCCc1sc(C(=O)N(C)CC(C)C)cc1CC. The van der Waals surface area contributed by atoms with Gasteiger partial charge in [-0.2, -0.15) is 0 Å². The zero-order chi connectivity index (χ0) is 13.7. The molecule has 0 saturated carbocycles. The van der Waals surface area contributed by atoms with Gasteiger partial charge in [0.1, 0.15) is 0 Å². The number of thiophene rings is 1. The fraction of sp³-hybridized carbons (Fsp3) is 0.667. The Morgan fingerprint density at radius 3 is 2.56 bits per heavy atom. The van der Waals surface area contributed by atoms with E-state index in [1.165, 1.54) is 10.4 Å². The Morgan fingerprint density at radius 2 is 2.06 bits per heavy atom. The van der Waals surface area contributed by atoms with E-state index in [1.54, 1.807) is 11.3 Å². The van der Waals surface area contributed by atoms with Crippen LogP contribution < -0.4 is 0 Å². The highest BCUT2D eigenvalue weighted by Gasteiger charge is 2.17. The zero-order valence-electron chi connectivity index (χ0n) is 12.2. The number of rotatable bonds is 6. The Morgan fingerprint density at radius 1 is 1.39 bits per heavy atom. The van der Waals surface area contributed by atoms with Crippen LogP contribution in [-0.4, -0.2) is 24.4 Å². The smallest absolute Gasteiger partial charge is 0.263 e. The second-order valence-corrected chi connectivity index (χ2v) is 6.38. The van der Waals surface area contributed by atoms with Crippen LogP contribution in [0.15, 0.2) is 6.07 Å². The van der Waals surface area contributed by atoms with Crippen LogP contribution in [0.4, 0.5) is 0 Å². The molecule has 1 aromatic rings. The summed E-state index contributed by atoms with van der Waals surface area (Å²) in [5.41, 5.74) is 1.35. The molecule has 0 fully saturated rings. The predicted octanol–water partition coefficient (Wildman–Crippen LogP) is 3.99. The van der Waals surface area contributed by atoms with Crippen LogP contribution in [-0.2, 0) is 12.8 Å². The second-order valence-electron chi connectivity index (χ2n) is 5.24. The van der Waals surface area contributed by atoms with Gasteiger partial charge in [0.25, 0.3) is 5.91 Å². The topological polar surface area (TPSA) is 20.3 Å². The third kappa shape index (κ3) is 3.84. The van der Waals surface area contributed by atoms with Crippen molar-refractivity contribution in [1.29, 1.82) is 0 Å². The quantitative estimate of drug-likeness (QED) is 0.763. The van der Waals surface area contributed by atoms with Gasteiger partial charge in [0.05, 0.1) is 4.88 Å². The molecule has 1 aromatic heterocycles. The van der Waals surface area contributed by atoms with E-state index in [0.717, 1.165) is 30.7 Å². The van der Waals surface area contributed by atoms with Gasteiger partial charge in [-0.25, -0.2) is 0 Å². The lowest BCUT2D eigenvalue weighted by Crippen LogP contribution is -2.29. The van der Waals surface area contributed by atoms with E-state index >= 15 is 0 Å². The van der Waals surface area contributed by atoms with Gasteiger partial charge >= 0.3 is 0 Å². The third-order valence-corrected chi connectivity index (χ3v) is 4.18. The number of carbonyl (C=O) groups excluding carboxylic acids is 1. The molecule has 1 rings (SSSR count). The molecule has 0 bridgehead atoms. The summed E-state index contributed by atoms with van der Waals surface area (Å²) >= 11 is 1.68. The van der Waals surface area contributed by atoms with Crippen LogP contribution in [0, 0.1) is 5.92 Å². The monoisotopic (exact) mass is 267 g/mol. The summed E-state index contributed by atoms with van der Waals surface area (Å²) in [4.78, 5) is 16.4. The average molecular weight is 267 g/mol. The first-order valence-electron chi connectivity index (χ1n) is 6.86. The van der Waals surface area contributed by atoms with Gasteiger partial charge in [-0.05, 0) is 30.4 Å². The van der Waals surface area contributed by atoms with E-state index in [9.17, 15) is 4.79 Å². The van der Waals surface area contributed by atoms with E-state index in [-0.39, 0.29) is 5.91 Å². The summed E-state index contributed by atoms with van der Waals surface area (Å²) in [5.74, 6) is 0.686. The van der Waals surface area contributed by atoms with Crippen molar-refractivity contribution in [3.8, 4) is 0 Å². The fourth-order valence-electron chi connectivity index (χ4n) is 2.13. The summed E-state index contributed by atoms with van der Waals surface area (Å²) in [6.45, 7) is 9.44. The van der Waals surface area contributed by atoms with Gasteiger partial charge in [-0.3, -0.25) is 4.79 Å². The molecular weight excluding hydrogens is 242 g/mol. The summed E-state index contributed by atoms with van der Waals surface area (Å²) in [6.07, 6.45) is 3.25. The lowest BCUT2D eigenvalue weighted by molar-refractivity contribution is 0.0784. The first kappa shape index (κ1) is 15.2. The number of amides is 1. The maximum Gasteiger partial charge on any atom is 0.263 e. The molecule has 0 unspecified atom stereocenters. The van der Waals surface area contributed by atoms with Crippen LogP contribution in [0.3, 0.4) is 0 Å². The van der Waals surface area contributed by atoms with Crippen LogP contribution in [0.1, 0.15) is 54.2 Å². The van der Waals surface area contributed by atoms with Crippen molar-refractivity contribution in [2.75, 3.05) is 13.6 Å². The molecule has 2 nitrogen and oxygen atoms in total. The Kier molecular flexibility index (Phi) is 5.86. The Bertz CT molecular complexity index is 395. The molecule has 3 heteroatoms. The molecule has 0 aliphatic rings. The second kappa shape index (κ2) is 6.93. The molecule has 0 aromatic carbocycles.